The molecule has 4 heteroatoms. The van der Waals surface area contributed by atoms with Crippen molar-refractivity contribution in [3.63, 3.8) is 0 Å². The first-order valence-corrected chi connectivity index (χ1v) is 7.84. The van der Waals surface area contributed by atoms with Crippen LogP contribution in [0.4, 0.5) is 0 Å². The minimum Gasteiger partial charge on any atom is -0.360 e. The van der Waals surface area contributed by atoms with E-state index in [0.717, 1.165) is 24.1 Å². The summed E-state index contributed by atoms with van der Waals surface area (Å²) in [7, 11) is 0. The summed E-state index contributed by atoms with van der Waals surface area (Å²) >= 11 is 5.44. The van der Waals surface area contributed by atoms with Crippen LogP contribution in [0.3, 0.4) is 0 Å². The Morgan fingerprint density at radius 1 is 1.17 bits per heavy atom. The topological polar surface area (TPSA) is 18.5 Å². The van der Waals surface area contributed by atoms with Crippen LogP contribution in [0, 0.1) is 5.92 Å². The molecule has 1 N–H and O–H groups in total. The molecule has 2 aliphatic rings. The number of likely N-dealkylation sites (tertiary alicyclic amines) is 2. The zero-order valence-corrected chi connectivity index (χ0v) is 12.6. The summed E-state index contributed by atoms with van der Waals surface area (Å²) in [4.78, 5) is 4.99. The molecule has 0 atom stereocenters. The van der Waals surface area contributed by atoms with Gasteiger partial charge in [-0.05, 0) is 70.8 Å². The molecule has 18 heavy (non-hydrogen) atoms. The van der Waals surface area contributed by atoms with Crippen molar-refractivity contribution in [2.45, 2.75) is 45.6 Å². The highest BCUT2D eigenvalue weighted by Crippen LogP contribution is 2.20. The van der Waals surface area contributed by atoms with E-state index in [0.29, 0.717) is 6.04 Å². The average molecular weight is 269 g/mol. The maximum absolute atomic E-state index is 5.44. The second-order valence-electron chi connectivity index (χ2n) is 6.04. The first kappa shape index (κ1) is 14.1. The first-order valence-electron chi connectivity index (χ1n) is 7.43. The van der Waals surface area contributed by atoms with Crippen LogP contribution in [0.2, 0.25) is 0 Å². The summed E-state index contributed by atoms with van der Waals surface area (Å²) in [5.41, 5.74) is 0. The molecule has 3 nitrogen and oxygen atoms in total. The maximum atomic E-state index is 5.44. The summed E-state index contributed by atoms with van der Waals surface area (Å²) in [5, 5.41) is 4.30. The fraction of sp³-hybridized carbons (Fsp3) is 0.929. The molecular formula is C14H27N3S. The molecule has 0 unspecified atom stereocenters. The van der Waals surface area contributed by atoms with E-state index in [1.807, 2.05) is 0 Å². The zero-order valence-electron chi connectivity index (χ0n) is 11.8. The van der Waals surface area contributed by atoms with Crippen LogP contribution >= 0.6 is 12.2 Å². The van der Waals surface area contributed by atoms with Gasteiger partial charge < -0.3 is 15.1 Å². The van der Waals surface area contributed by atoms with E-state index in [2.05, 4.69) is 29.0 Å². The zero-order chi connectivity index (χ0) is 13.0. The molecule has 2 heterocycles. The molecule has 0 aromatic carbocycles. The largest absolute Gasteiger partial charge is 0.360 e. The highest BCUT2D eigenvalue weighted by atomic mass is 32.1. The highest BCUT2D eigenvalue weighted by Gasteiger charge is 2.23. The van der Waals surface area contributed by atoms with Gasteiger partial charge in [-0.15, -0.1) is 0 Å². The standard InChI is InChI=1S/C14H27N3S/c1-12(2)15-14(18)17-9-5-13(6-10-17)11-16-7-3-4-8-16/h12-13H,3-11H2,1-2H3,(H,15,18). The molecule has 0 amide bonds. The lowest BCUT2D eigenvalue weighted by atomic mass is 9.96. The minimum atomic E-state index is 0.444. The normalized spacial score (nSPS) is 22.7. The van der Waals surface area contributed by atoms with E-state index in [-0.39, 0.29) is 0 Å². The second-order valence-corrected chi connectivity index (χ2v) is 6.43. The van der Waals surface area contributed by atoms with E-state index in [1.165, 1.54) is 45.3 Å². The lowest BCUT2D eigenvalue weighted by Crippen LogP contribution is -2.47. The summed E-state index contributed by atoms with van der Waals surface area (Å²) in [5.74, 6) is 0.890. The van der Waals surface area contributed by atoms with Crippen molar-refractivity contribution in [2.24, 2.45) is 5.92 Å². The molecule has 104 valence electrons. The summed E-state index contributed by atoms with van der Waals surface area (Å²) < 4.78 is 0. The Labute approximate surface area is 117 Å². The van der Waals surface area contributed by atoms with Gasteiger partial charge in [0.25, 0.3) is 0 Å². The summed E-state index contributed by atoms with van der Waals surface area (Å²) in [6.07, 6.45) is 5.41. The van der Waals surface area contributed by atoms with Crippen LogP contribution in [0.25, 0.3) is 0 Å². The monoisotopic (exact) mass is 269 g/mol. The third kappa shape index (κ3) is 4.09. The number of hydrogen-bond donors (Lipinski definition) is 1. The van der Waals surface area contributed by atoms with Crippen molar-refractivity contribution in [3.8, 4) is 0 Å². The Morgan fingerprint density at radius 3 is 2.33 bits per heavy atom. The van der Waals surface area contributed by atoms with Gasteiger partial charge in [-0.3, -0.25) is 0 Å². The molecule has 2 aliphatic heterocycles. The summed E-state index contributed by atoms with van der Waals surface area (Å²) in [6.45, 7) is 10.5. The lowest BCUT2D eigenvalue weighted by molar-refractivity contribution is 0.200. The Morgan fingerprint density at radius 2 is 1.78 bits per heavy atom. The molecule has 0 aromatic rings. The third-order valence-corrected chi connectivity index (χ3v) is 4.41. The quantitative estimate of drug-likeness (QED) is 0.790. The molecule has 0 bridgehead atoms. The van der Waals surface area contributed by atoms with Gasteiger partial charge in [0.15, 0.2) is 5.11 Å². The van der Waals surface area contributed by atoms with E-state index in [1.54, 1.807) is 0 Å². The van der Waals surface area contributed by atoms with Gasteiger partial charge in [-0.2, -0.15) is 0 Å². The first-order chi connectivity index (χ1) is 8.65. The number of rotatable bonds is 3. The van der Waals surface area contributed by atoms with Crippen LogP contribution in [-0.2, 0) is 0 Å². The molecule has 0 spiro atoms. The Hall–Kier alpha value is -0.350. The van der Waals surface area contributed by atoms with Gasteiger partial charge >= 0.3 is 0 Å². The highest BCUT2D eigenvalue weighted by molar-refractivity contribution is 7.80. The Bertz CT molecular complexity index is 266. The lowest BCUT2D eigenvalue weighted by Gasteiger charge is -2.35. The Kier molecular flexibility index (Phi) is 5.25. The van der Waals surface area contributed by atoms with Crippen molar-refractivity contribution < 1.29 is 0 Å². The van der Waals surface area contributed by atoms with Gasteiger partial charge in [0.1, 0.15) is 0 Å². The average Bonchev–Trinajstić information content (AvgIpc) is 2.82. The van der Waals surface area contributed by atoms with Crippen LogP contribution in [0.15, 0.2) is 0 Å². The predicted molar refractivity (Wildman–Crippen MR) is 80.8 cm³/mol. The van der Waals surface area contributed by atoms with E-state index in [9.17, 15) is 0 Å². The van der Waals surface area contributed by atoms with Crippen LogP contribution in [0.1, 0.15) is 39.5 Å². The fourth-order valence-corrected chi connectivity index (χ4v) is 3.41. The molecule has 2 rings (SSSR count). The molecule has 0 saturated carbocycles. The van der Waals surface area contributed by atoms with Crippen LogP contribution < -0.4 is 5.32 Å². The maximum Gasteiger partial charge on any atom is 0.169 e. The second kappa shape index (κ2) is 6.71. The molecule has 0 aromatic heterocycles. The van der Waals surface area contributed by atoms with Gasteiger partial charge in [-0.25, -0.2) is 0 Å². The third-order valence-electron chi connectivity index (χ3n) is 4.03. The van der Waals surface area contributed by atoms with Crippen molar-refractivity contribution in [2.75, 3.05) is 32.7 Å². The molecule has 0 radical (unpaired) electrons. The van der Waals surface area contributed by atoms with Gasteiger partial charge in [0.05, 0.1) is 0 Å². The Balaban J connectivity index is 1.68. The summed E-state index contributed by atoms with van der Waals surface area (Å²) in [6, 6.07) is 0.444. The van der Waals surface area contributed by atoms with Crippen LogP contribution in [0.5, 0.6) is 0 Å². The van der Waals surface area contributed by atoms with Crippen molar-refractivity contribution in [1.82, 2.24) is 15.1 Å². The SMILES string of the molecule is CC(C)NC(=S)N1CCC(CN2CCCC2)CC1. The van der Waals surface area contributed by atoms with Gasteiger partial charge in [0.2, 0.25) is 0 Å². The minimum absolute atomic E-state index is 0.444. The number of nitrogens with zero attached hydrogens (tertiary/aromatic N) is 2. The van der Waals surface area contributed by atoms with Crippen LogP contribution in [-0.4, -0.2) is 53.7 Å². The van der Waals surface area contributed by atoms with Crippen molar-refractivity contribution in [1.29, 1.82) is 0 Å². The molecule has 2 saturated heterocycles. The molecule has 2 fully saturated rings. The number of hydrogen-bond acceptors (Lipinski definition) is 2. The van der Waals surface area contributed by atoms with E-state index >= 15 is 0 Å². The fourth-order valence-electron chi connectivity index (χ4n) is 2.99. The number of piperidine rings is 1. The predicted octanol–water partition coefficient (Wildman–Crippen LogP) is 2.08. The van der Waals surface area contributed by atoms with Crippen molar-refractivity contribution in [3.05, 3.63) is 0 Å². The number of thiocarbonyl (C=S) groups is 1. The van der Waals surface area contributed by atoms with Gasteiger partial charge in [0, 0.05) is 25.7 Å². The smallest absolute Gasteiger partial charge is 0.169 e. The van der Waals surface area contributed by atoms with Gasteiger partial charge in [-0.1, -0.05) is 0 Å². The van der Waals surface area contributed by atoms with Crippen molar-refractivity contribution >= 4 is 17.3 Å². The van der Waals surface area contributed by atoms with E-state index < -0.39 is 0 Å². The molecule has 0 aliphatic carbocycles. The van der Waals surface area contributed by atoms with E-state index in [4.69, 9.17) is 12.2 Å². The molecular weight excluding hydrogens is 242 g/mol. The number of nitrogens with one attached hydrogen (secondary N) is 1.